The number of hydrogen-bond acceptors (Lipinski definition) is 2. The first kappa shape index (κ1) is 18.4. The van der Waals surface area contributed by atoms with Gasteiger partial charge in [0.05, 0.1) is 12.7 Å². The van der Waals surface area contributed by atoms with E-state index in [4.69, 9.17) is 4.74 Å². The predicted molar refractivity (Wildman–Crippen MR) is 91.2 cm³/mol. The first-order valence-corrected chi connectivity index (χ1v) is 8.18. The summed E-state index contributed by atoms with van der Waals surface area (Å²) in [5, 5.41) is 2.44. The van der Waals surface area contributed by atoms with Crippen LogP contribution in [0.1, 0.15) is 0 Å². The highest BCUT2D eigenvalue weighted by molar-refractivity contribution is 9.10. The molecule has 24 heavy (non-hydrogen) atoms. The van der Waals surface area contributed by atoms with E-state index in [1.54, 1.807) is 0 Å². The molecule has 1 atom stereocenters. The molecule has 2 rings (SSSR count). The fourth-order valence-electron chi connectivity index (χ4n) is 2.02. The lowest BCUT2D eigenvalue weighted by molar-refractivity contribution is -0.871. The van der Waals surface area contributed by atoms with E-state index in [1.165, 1.54) is 6.07 Å². The Hall–Kier alpha value is -1.99. The van der Waals surface area contributed by atoms with Crippen LogP contribution in [0, 0.1) is 11.6 Å². The molecule has 2 aromatic rings. The number of nitrogens with one attached hydrogen (secondary N) is 2. The van der Waals surface area contributed by atoms with E-state index in [1.807, 2.05) is 31.3 Å². The number of rotatable bonds is 7. The Morgan fingerprint density at radius 3 is 2.58 bits per heavy atom. The summed E-state index contributed by atoms with van der Waals surface area (Å²) in [7, 11) is 1.84. The molecule has 0 aliphatic rings. The van der Waals surface area contributed by atoms with Gasteiger partial charge >= 0.3 is 0 Å². The monoisotopic (exact) mass is 399 g/mol. The lowest BCUT2D eigenvalue weighted by Gasteiger charge is -2.14. The van der Waals surface area contributed by atoms with E-state index in [2.05, 4.69) is 21.2 Å². The average molecular weight is 400 g/mol. The van der Waals surface area contributed by atoms with Gasteiger partial charge in [0.2, 0.25) is 0 Å². The Kier molecular flexibility index (Phi) is 6.69. The van der Waals surface area contributed by atoms with Crippen LogP contribution in [-0.4, -0.2) is 32.7 Å². The van der Waals surface area contributed by atoms with E-state index in [-0.39, 0.29) is 18.1 Å². The minimum atomic E-state index is -0.792. The maximum absolute atomic E-state index is 13.5. The van der Waals surface area contributed by atoms with Crippen LogP contribution >= 0.6 is 15.9 Å². The molecule has 7 heteroatoms. The van der Waals surface area contributed by atoms with Crippen molar-refractivity contribution in [2.45, 2.75) is 0 Å². The molecule has 1 unspecified atom stereocenters. The van der Waals surface area contributed by atoms with Crippen LogP contribution < -0.4 is 15.0 Å². The fourth-order valence-corrected chi connectivity index (χ4v) is 2.29. The molecule has 0 bridgehead atoms. The van der Waals surface area contributed by atoms with Gasteiger partial charge < -0.3 is 15.0 Å². The van der Waals surface area contributed by atoms with E-state index in [9.17, 15) is 13.6 Å². The second kappa shape index (κ2) is 8.75. The fraction of sp³-hybridized carbons (Fsp3) is 0.235. The van der Waals surface area contributed by atoms with Crippen molar-refractivity contribution in [2.75, 3.05) is 32.1 Å². The Morgan fingerprint density at radius 2 is 1.92 bits per heavy atom. The zero-order chi connectivity index (χ0) is 17.5. The molecule has 2 N–H and O–H groups in total. The largest absolute Gasteiger partial charge is 0.488 e. The van der Waals surface area contributed by atoms with Gasteiger partial charge in [0.1, 0.15) is 30.5 Å². The minimum Gasteiger partial charge on any atom is -0.488 e. The van der Waals surface area contributed by atoms with Crippen molar-refractivity contribution in [1.82, 2.24) is 0 Å². The standard InChI is InChI=1S/C17H17BrF2N2O2/c1-22(8-9-24-14-5-2-12(18)3-6-14)11-17(23)21-16-7-4-13(19)10-15(16)20/h2-7,10H,8-9,11H2,1H3,(H,21,23)/p+1. The Morgan fingerprint density at radius 1 is 1.21 bits per heavy atom. The van der Waals surface area contributed by atoms with Crippen molar-refractivity contribution in [1.29, 1.82) is 0 Å². The summed E-state index contributed by atoms with van der Waals surface area (Å²) in [6.07, 6.45) is 0. The molecule has 0 saturated heterocycles. The maximum Gasteiger partial charge on any atom is 0.279 e. The first-order chi connectivity index (χ1) is 11.4. The molecule has 2 aromatic carbocycles. The molecule has 4 nitrogen and oxygen atoms in total. The summed E-state index contributed by atoms with van der Waals surface area (Å²) < 4.78 is 32.9. The molecular formula is C17H18BrF2N2O2+. The number of halogens is 3. The average Bonchev–Trinajstić information content (AvgIpc) is 2.52. The number of likely N-dealkylation sites (N-methyl/N-ethyl adjacent to an activating group) is 1. The van der Waals surface area contributed by atoms with Crippen molar-refractivity contribution in [2.24, 2.45) is 0 Å². The number of hydrogen-bond donors (Lipinski definition) is 2. The smallest absolute Gasteiger partial charge is 0.279 e. The molecule has 128 valence electrons. The van der Waals surface area contributed by atoms with Gasteiger partial charge in [0.25, 0.3) is 5.91 Å². The van der Waals surface area contributed by atoms with Gasteiger partial charge in [-0.2, -0.15) is 0 Å². The van der Waals surface area contributed by atoms with Crippen molar-refractivity contribution in [3.8, 4) is 5.75 Å². The summed E-state index contributed by atoms with van der Waals surface area (Å²) in [5.74, 6) is -1.07. The highest BCUT2D eigenvalue weighted by atomic mass is 79.9. The van der Waals surface area contributed by atoms with Crippen LogP contribution in [-0.2, 0) is 4.79 Å². The number of carbonyl (C=O) groups excluding carboxylic acids is 1. The van der Waals surface area contributed by atoms with E-state index in [0.717, 1.165) is 27.3 Å². The number of ether oxygens (including phenoxy) is 1. The SMILES string of the molecule is C[NH+](CCOc1ccc(Br)cc1)CC(=O)Nc1ccc(F)cc1F. The number of amides is 1. The van der Waals surface area contributed by atoms with E-state index in [0.29, 0.717) is 13.2 Å². The number of anilines is 1. The van der Waals surface area contributed by atoms with Crippen molar-refractivity contribution in [3.05, 3.63) is 58.6 Å². The zero-order valence-corrected chi connectivity index (χ0v) is 14.7. The lowest BCUT2D eigenvalue weighted by atomic mass is 10.3. The predicted octanol–water partition coefficient (Wildman–Crippen LogP) is 2.26. The summed E-state index contributed by atoms with van der Waals surface area (Å²) >= 11 is 3.35. The topological polar surface area (TPSA) is 42.8 Å². The van der Waals surface area contributed by atoms with Gasteiger partial charge in [-0.05, 0) is 36.4 Å². The number of carbonyl (C=O) groups is 1. The van der Waals surface area contributed by atoms with Gasteiger partial charge in [-0.3, -0.25) is 4.79 Å². The summed E-state index contributed by atoms with van der Waals surface area (Å²) in [4.78, 5) is 12.8. The van der Waals surface area contributed by atoms with Gasteiger partial charge in [-0.1, -0.05) is 15.9 Å². The molecule has 0 fully saturated rings. The van der Waals surface area contributed by atoms with Gasteiger partial charge in [0, 0.05) is 10.5 Å². The van der Waals surface area contributed by atoms with Gasteiger partial charge in [0.15, 0.2) is 6.54 Å². The second-order valence-electron chi connectivity index (χ2n) is 5.36. The van der Waals surface area contributed by atoms with Crippen LogP contribution in [0.15, 0.2) is 46.9 Å². The molecule has 0 aliphatic carbocycles. The molecule has 0 radical (unpaired) electrons. The van der Waals surface area contributed by atoms with Crippen LogP contribution in [0.4, 0.5) is 14.5 Å². The molecule has 0 saturated carbocycles. The summed E-state index contributed by atoms with van der Waals surface area (Å²) in [6, 6.07) is 10.5. The molecule has 0 aromatic heterocycles. The number of benzene rings is 2. The van der Waals surface area contributed by atoms with Crippen LogP contribution in [0.25, 0.3) is 0 Å². The first-order valence-electron chi connectivity index (χ1n) is 7.38. The highest BCUT2D eigenvalue weighted by Crippen LogP contribution is 2.16. The van der Waals surface area contributed by atoms with Gasteiger partial charge in [-0.25, -0.2) is 8.78 Å². The van der Waals surface area contributed by atoms with Crippen LogP contribution in [0.2, 0.25) is 0 Å². The lowest BCUT2D eigenvalue weighted by Crippen LogP contribution is -3.10. The third kappa shape index (κ3) is 5.90. The van der Waals surface area contributed by atoms with Gasteiger partial charge in [-0.15, -0.1) is 0 Å². The quantitative estimate of drug-likeness (QED) is 0.749. The van der Waals surface area contributed by atoms with Crippen molar-refractivity contribution >= 4 is 27.5 Å². The Balaban J connectivity index is 1.74. The molecule has 0 heterocycles. The molecule has 0 spiro atoms. The van der Waals surface area contributed by atoms with E-state index >= 15 is 0 Å². The molecule has 0 aliphatic heterocycles. The Bertz CT molecular complexity index is 695. The van der Waals surface area contributed by atoms with Crippen LogP contribution in [0.3, 0.4) is 0 Å². The summed E-state index contributed by atoms with van der Waals surface area (Å²) in [5.41, 5.74) is -0.0275. The molecule has 1 amide bonds. The summed E-state index contributed by atoms with van der Waals surface area (Å²) in [6.45, 7) is 1.21. The number of quaternary nitrogens is 1. The highest BCUT2D eigenvalue weighted by Gasteiger charge is 2.13. The Labute approximate surface area is 147 Å². The van der Waals surface area contributed by atoms with Crippen molar-refractivity contribution in [3.63, 3.8) is 0 Å². The zero-order valence-electron chi connectivity index (χ0n) is 13.1. The second-order valence-corrected chi connectivity index (χ2v) is 6.27. The minimum absolute atomic E-state index is 0.0275. The van der Waals surface area contributed by atoms with Crippen LogP contribution in [0.5, 0.6) is 5.75 Å². The van der Waals surface area contributed by atoms with E-state index < -0.39 is 11.6 Å². The third-order valence-corrected chi connectivity index (χ3v) is 3.81. The van der Waals surface area contributed by atoms with Crippen molar-refractivity contribution < 1.29 is 23.2 Å². The maximum atomic E-state index is 13.5. The third-order valence-electron chi connectivity index (χ3n) is 3.28. The normalized spacial score (nSPS) is 11.8. The molecular weight excluding hydrogens is 382 g/mol.